The lowest BCUT2D eigenvalue weighted by molar-refractivity contribution is 0.409. The van der Waals surface area contributed by atoms with Crippen LogP contribution in [-0.4, -0.2) is 0 Å². The molecular formula is C28H32. The number of rotatable bonds is 4. The van der Waals surface area contributed by atoms with Crippen molar-refractivity contribution in [2.24, 2.45) is 11.3 Å². The molecule has 0 radical (unpaired) electrons. The Morgan fingerprint density at radius 3 is 2.25 bits per heavy atom. The molecule has 3 aromatic rings. The number of benzene rings is 3. The highest BCUT2D eigenvalue weighted by Crippen LogP contribution is 2.42. The van der Waals surface area contributed by atoms with E-state index in [1.165, 1.54) is 44.5 Å². The van der Waals surface area contributed by atoms with Crippen LogP contribution in [-0.2, 0) is 19.3 Å². The van der Waals surface area contributed by atoms with E-state index in [-0.39, 0.29) is 0 Å². The van der Waals surface area contributed by atoms with Crippen LogP contribution in [0.4, 0.5) is 0 Å². The van der Waals surface area contributed by atoms with Gasteiger partial charge in [-0.2, -0.15) is 0 Å². The van der Waals surface area contributed by atoms with Gasteiger partial charge in [0.1, 0.15) is 0 Å². The summed E-state index contributed by atoms with van der Waals surface area (Å²) in [5.41, 5.74) is 11.9. The first-order chi connectivity index (χ1) is 13.3. The predicted molar refractivity (Wildman–Crippen MR) is 122 cm³/mol. The van der Waals surface area contributed by atoms with Gasteiger partial charge >= 0.3 is 0 Å². The normalized spacial score (nSPS) is 12.9. The highest BCUT2D eigenvalue weighted by molar-refractivity contribution is 5.84. The summed E-state index contributed by atoms with van der Waals surface area (Å²) in [5, 5.41) is 0. The molecule has 0 aromatic heterocycles. The van der Waals surface area contributed by atoms with Crippen LogP contribution in [0, 0.1) is 11.3 Å². The van der Waals surface area contributed by atoms with Crippen LogP contribution in [0.3, 0.4) is 0 Å². The van der Waals surface area contributed by atoms with E-state index in [1.807, 2.05) is 0 Å². The molecular weight excluding hydrogens is 336 g/mol. The van der Waals surface area contributed by atoms with Crippen molar-refractivity contribution in [2.45, 2.75) is 53.9 Å². The van der Waals surface area contributed by atoms with Crippen molar-refractivity contribution in [1.82, 2.24) is 0 Å². The Hall–Kier alpha value is -2.34. The quantitative estimate of drug-likeness (QED) is 0.346. The lowest BCUT2D eigenvalue weighted by Gasteiger charge is -2.22. The first kappa shape index (κ1) is 19.0. The van der Waals surface area contributed by atoms with E-state index in [2.05, 4.69) is 95.3 Å². The SMILES string of the molecule is CC(C)Cc1cc(-c2cccc3c2Cc2ccccc2-3)ccc1CC(C)(C)C. The van der Waals surface area contributed by atoms with Crippen molar-refractivity contribution in [3.8, 4) is 22.3 Å². The molecule has 0 amide bonds. The number of hydrogen-bond acceptors (Lipinski definition) is 0. The maximum atomic E-state index is 2.47. The molecule has 0 saturated heterocycles. The maximum Gasteiger partial charge on any atom is -0.000729 e. The van der Waals surface area contributed by atoms with E-state index < -0.39 is 0 Å². The van der Waals surface area contributed by atoms with Gasteiger partial charge in [-0.1, -0.05) is 95.3 Å². The average Bonchev–Trinajstić information content (AvgIpc) is 3.00. The third-order valence-electron chi connectivity index (χ3n) is 5.72. The first-order valence-corrected chi connectivity index (χ1v) is 10.6. The minimum absolute atomic E-state index is 0.308. The van der Waals surface area contributed by atoms with Crippen molar-refractivity contribution in [2.75, 3.05) is 0 Å². The van der Waals surface area contributed by atoms with Crippen LogP contribution in [0.5, 0.6) is 0 Å². The summed E-state index contributed by atoms with van der Waals surface area (Å²) in [6, 6.07) is 22.9. The van der Waals surface area contributed by atoms with Gasteiger partial charge in [-0.25, -0.2) is 0 Å². The zero-order chi connectivity index (χ0) is 19.9. The summed E-state index contributed by atoms with van der Waals surface area (Å²) in [6.07, 6.45) is 3.33. The standard InChI is InChI=1S/C28H32/c1-19(2)15-23-16-21(13-14-22(23)18-28(3,4)5)25-11-8-12-26-24-10-7-6-9-20(24)17-27(25)26/h6-14,16,19H,15,17-18H2,1-5H3. The Labute approximate surface area is 170 Å². The summed E-state index contributed by atoms with van der Waals surface area (Å²) in [6.45, 7) is 11.7. The topological polar surface area (TPSA) is 0 Å². The lowest BCUT2D eigenvalue weighted by Crippen LogP contribution is -2.12. The molecule has 28 heavy (non-hydrogen) atoms. The third kappa shape index (κ3) is 3.78. The van der Waals surface area contributed by atoms with E-state index in [1.54, 1.807) is 0 Å². The van der Waals surface area contributed by atoms with Gasteiger partial charge in [0, 0.05) is 0 Å². The molecule has 0 fully saturated rings. The molecule has 0 aliphatic heterocycles. The Morgan fingerprint density at radius 2 is 1.50 bits per heavy atom. The molecule has 0 saturated carbocycles. The molecule has 1 aliphatic carbocycles. The fourth-order valence-corrected chi connectivity index (χ4v) is 4.59. The van der Waals surface area contributed by atoms with E-state index >= 15 is 0 Å². The fraction of sp³-hybridized carbons (Fsp3) is 0.357. The fourth-order valence-electron chi connectivity index (χ4n) is 4.59. The van der Waals surface area contributed by atoms with Crippen molar-refractivity contribution in [3.63, 3.8) is 0 Å². The second kappa shape index (κ2) is 7.24. The number of fused-ring (bicyclic) bond motifs is 3. The molecule has 0 N–H and O–H groups in total. The first-order valence-electron chi connectivity index (χ1n) is 10.6. The number of hydrogen-bond donors (Lipinski definition) is 0. The Bertz CT molecular complexity index is 999. The van der Waals surface area contributed by atoms with Crippen molar-refractivity contribution in [1.29, 1.82) is 0 Å². The van der Waals surface area contributed by atoms with Crippen LogP contribution in [0.2, 0.25) is 0 Å². The van der Waals surface area contributed by atoms with Crippen LogP contribution in [0.25, 0.3) is 22.3 Å². The van der Waals surface area contributed by atoms with Crippen LogP contribution in [0.15, 0.2) is 60.7 Å². The monoisotopic (exact) mass is 368 g/mol. The second-order valence-electron chi connectivity index (χ2n) is 9.98. The molecule has 0 spiro atoms. The molecule has 0 heteroatoms. The summed E-state index contributed by atoms with van der Waals surface area (Å²) >= 11 is 0. The second-order valence-corrected chi connectivity index (χ2v) is 9.98. The average molecular weight is 369 g/mol. The summed E-state index contributed by atoms with van der Waals surface area (Å²) in [5.74, 6) is 0.666. The van der Waals surface area contributed by atoms with Crippen molar-refractivity contribution < 1.29 is 0 Å². The molecule has 0 heterocycles. The van der Waals surface area contributed by atoms with E-state index in [0.717, 1.165) is 19.3 Å². The third-order valence-corrected chi connectivity index (χ3v) is 5.72. The lowest BCUT2D eigenvalue weighted by atomic mass is 9.83. The van der Waals surface area contributed by atoms with Gasteiger partial charge in [-0.3, -0.25) is 0 Å². The molecule has 0 bridgehead atoms. The zero-order valence-electron chi connectivity index (χ0n) is 18.0. The smallest absolute Gasteiger partial charge is 0.000729 e. The minimum Gasteiger partial charge on any atom is -0.0625 e. The maximum absolute atomic E-state index is 2.47. The van der Waals surface area contributed by atoms with Gasteiger partial charge in [-0.15, -0.1) is 0 Å². The Morgan fingerprint density at radius 1 is 0.786 bits per heavy atom. The largest absolute Gasteiger partial charge is 0.0625 e. The van der Waals surface area contributed by atoms with Gasteiger partial charge in [-0.05, 0) is 75.1 Å². The molecule has 1 aliphatic rings. The zero-order valence-corrected chi connectivity index (χ0v) is 18.0. The molecule has 4 rings (SSSR count). The van der Waals surface area contributed by atoms with Gasteiger partial charge in [0.2, 0.25) is 0 Å². The van der Waals surface area contributed by atoms with Crippen molar-refractivity contribution in [3.05, 3.63) is 82.9 Å². The van der Waals surface area contributed by atoms with Gasteiger partial charge in [0.05, 0.1) is 0 Å². The van der Waals surface area contributed by atoms with Gasteiger partial charge in [0.25, 0.3) is 0 Å². The summed E-state index contributed by atoms with van der Waals surface area (Å²) in [4.78, 5) is 0. The highest BCUT2D eigenvalue weighted by Gasteiger charge is 2.22. The van der Waals surface area contributed by atoms with Crippen LogP contribution >= 0.6 is 0 Å². The van der Waals surface area contributed by atoms with Crippen molar-refractivity contribution >= 4 is 0 Å². The van der Waals surface area contributed by atoms with E-state index in [9.17, 15) is 0 Å². The summed E-state index contributed by atoms with van der Waals surface area (Å²) < 4.78 is 0. The highest BCUT2D eigenvalue weighted by atomic mass is 14.3. The molecule has 3 aromatic carbocycles. The molecule has 144 valence electrons. The Balaban J connectivity index is 1.79. The van der Waals surface area contributed by atoms with E-state index in [4.69, 9.17) is 0 Å². The van der Waals surface area contributed by atoms with Gasteiger partial charge in [0.15, 0.2) is 0 Å². The summed E-state index contributed by atoms with van der Waals surface area (Å²) in [7, 11) is 0. The van der Waals surface area contributed by atoms with Gasteiger partial charge < -0.3 is 0 Å². The molecule has 0 atom stereocenters. The molecule has 0 nitrogen and oxygen atoms in total. The minimum atomic E-state index is 0.308. The predicted octanol–water partition coefficient (Wildman–Crippen LogP) is 7.71. The van der Waals surface area contributed by atoms with Crippen LogP contribution in [0.1, 0.15) is 56.9 Å². The Kier molecular flexibility index (Phi) is 4.91. The van der Waals surface area contributed by atoms with E-state index in [0.29, 0.717) is 11.3 Å². The van der Waals surface area contributed by atoms with Crippen LogP contribution < -0.4 is 0 Å². The molecule has 0 unspecified atom stereocenters.